The van der Waals surface area contributed by atoms with Gasteiger partial charge in [0, 0.05) is 27.0 Å². The van der Waals surface area contributed by atoms with Crippen LogP contribution in [-0.2, 0) is 0 Å². The lowest BCUT2D eigenvalue weighted by atomic mass is 10.1. The van der Waals surface area contributed by atoms with Crippen LogP contribution < -0.4 is 11.1 Å². The van der Waals surface area contributed by atoms with E-state index in [4.69, 9.17) is 5.73 Å². The molecule has 4 heterocycles. The highest BCUT2D eigenvalue weighted by Gasteiger charge is 2.13. The number of aromatic nitrogens is 4. The van der Waals surface area contributed by atoms with E-state index >= 15 is 0 Å². The van der Waals surface area contributed by atoms with E-state index in [1.807, 2.05) is 12.1 Å². The van der Waals surface area contributed by atoms with Gasteiger partial charge in [0.25, 0.3) is 0 Å². The van der Waals surface area contributed by atoms with Gasteiger partial charge in [0.2, 0.25) is 5.95 Å². The lowest BCUT2D eigenvalue weighted by molar-refractivity contribution is 1.13. The van der Waals surface area contributed by atoms with E-state index < -0.39 is 0 Å². The van der Waals surface area contributed by atoms with Gasteiger partial charge in [-0.2, -0.15) is 10.1 Å². The molecule has 0 amide bonds. The molecule has 0 spiro atoms. The molecule has 0 aliphatic carbocycles. The van der Waals surface area contributed by atoms with Crippen LogP contribution in [0.15, 0.2) is 60.1 Å². The summed E-state index contributed by atoms with van der Waals surface area (Å²) < 4.78 is 0. The molecule has 4 N–H and O–H groups in total. The topological polar surface area (TPSA) is 92.5 Å². The summed E-state index contributed by atoms with van der Waals surface area (Å²) in [6.07, 6.45) is 1.63. The summed E-state index contributed by atoms with van der Waals surface area (Å²) in [5.41, 5.74) is 8.51. The Hall–Kier alpha value is -3.23. The first-order chi connectivity index (χ1) is 13.3. The number of aromatic amines is 1. The van der Waals surface area contributed by atoms with E-state index in [2.05, 4.69) is 61.2 Å². The van der Waals surface area contributed by atoms with E-state index in [1.54, 1.807) is 34.9 Å². The molecule has 8 heteroatoms. The second kappa shape index (κ2) is 6.49. The number of benzene rings is 1. The second-order valence-electron chi connectivity index (χ2n) is 5.90. The Balaban J connectivity index is 1.52. The fourth-order valence-electron chi connectivity index (χ4n) is 2.89. The fourth-order valence-corrected chi connectivity index (χ4v) is 4.73. The molecule has 0 radical (unpaired) electrons. The highest BCUT2D eigenvalue weighted by Crippen LogP contribution is 2.38. The van der Waals surface area contributed by atoms with E-state index in [1.165, 1.54) is 9.75 Å². The Morgan fingerprint density at radius 1 is 1.00 bits per heavy atom. The van der Waals surface area contributed by atoms with Gasteiger partial charge < -0.3 is 11.1 Å². The van der Waals surface area contributed by atoms with E-state index in [9.17, 15) is 0 Å². The number of hydrogen-bond acceptors (Lipinski definition) is 7. The maximum absolute atomic E-state index is 5.65. The van der Waals surface area contributed by atoms with Crippen LogP contribution in [-0.4, -0.2) is 20.2 Å². The van der Waals surface area contributed by atoms with Gasteiger partial charge in [-0.05, 0) is 47.8 Å². The van der Waals surface area contributed by atoms with Crippen molar-refractivity contribution in [2.24, 2.45) is 0 Å². The molecule has 132 valence electrons. The molecule has 0 saturated heterocycles. The average Bonchev–Trinajstić information content (AvgIpc) is 3.41. The van der Waals surface area contributed by atoms with Crippen molar-refractivity contribution in [3.05, 3.63) is 60.1 Å². The van der Waals surface area contributed by atoms with Crippen LogP contribution in [0, 0.1) is 0 Å². The van der Waals surface area contributed by atoms with Crippen LogP contribution >= 0.6 is 22.7 Å². The summed E-state index contributed by atoms with van der Waals surface area (Å²) in [4.78, 5) is 11.8. The van der Waals surface area contributed by atoms with Crippen molar-refractivity contribution in [1.82, 2.24) is 20.2 Å². The van der Waals surface area contributed by atoms with Crippen molar-refractivity contribution in [2.45, 2.75) is 0 Å². The largest absolute Gasteiger partial charge is 0.368 e. The van der Waals surface area contributed by atoms with Crippen LogP contribution in [0.2, 0.25) is 0 Å². The maximum atomic E-state index is 5.65. The van der Waals surface area contributed by atoms with Gasteiger partial charge in [-0.25, -0.2) is 4.98 Å². The Morgan fingerprint density at radius 2 is 1.93 bits per heavy atom. The molecule has 5 rings (SSSR count). The number of nitrogens with one attached hydrogen (secondary N) is 2. The van der Waals surface area contributed by atoms with Gasteiger partial charge in [-0.15, -0.1) is 22.7 Å². The number of thiophene rings is 2. The van der Waals surface area contributed by atoms with Crippen molar-refractivity contribution in [2.75, 3.05) is 11.1 Å². The first-order valence-corrected chi connectivity index (χ1v) is 9.94. The number of anilines is 3. The molecule has 4 aromatic heterocycles. The van der Waals surface area contributed by atoms with Crippen LogP contribution in [0.4, 0.5) is 17.5 Å². The zero-order valence-corrected chi connectivity index (χ0v) is 15.6. The molecular formula is C19H14N6S2. The lowest BCUT2D eigenvalue weighted by Crippen LogP contribution is -1.98. The third-order valence-corrected chi connectivity index (χ3v) is 6.27. The number of nitrogens with two attached hydrogens (primary N) is 1. The molecule has 0 saturated carbocycles. The Morgan fingerprint density at radius 3 is 2.78 bits per heavy atom. The molecule has 1 aromatic carbocycles. The smallest absolute Gasteiger partial charge is 0.221 e. The third kappa shape index (κ3) is 3.05. The van der Waals surface area contributed by atoms with Crippen molar-refractivity contribution in [3.8, 4) is 20.3 Å². The zero-order chi connectivity index (χ0) is 18.2. The van der Waals surface area contributed by atoms with Gasteiger partial charge in [0.15, 0.2) is 0 Å². The van der Waals surface area contributed by atoms with Crippen LogP contribution in [0.3, 0.4) is 0 Å². The minimum atomic E-state index is 0.241. The minimum absolute atomic E-state index is 0.241. The Labute approximate surface area is 162 Å². The lowest BCUT2D eigenvalue weighted by Gasteiger charge is -2.06. The Kier molecular flexibility index (Phi) is 3.84. The predicted octanol–water partition coefficient (Wildman–Crippen LogP) is 5.14. The van der Waals surface area contributed by atoms with Crippen molar-refractivity contribution >= 4 is 51.0 Å². The predicted molar refractivity (Wildman–Crippen MR) is 112 cm³/mol. The first-order valence-electron chi connectivity index (χ1n) is 8.24. The van der Waals surface area contributed by atoms with Gasteiger partial charge >= 0.3 is 0 Å². The van der Waals surface area contributed by atoms with Crippen molar-refractivity contribution in [3.63, 3.8) is 0 Å². The average molecular weight is 390 g/mol. The van der Waals surface area contributed by atoms with E-state index in [0.717, 1.165) is 27.2 Å². The van der Waals surface area contributed by atoms with Gasteiger partial charge in [-0.3, -0.25) is 5.10 Å². The van der Waals surface area contributed by atoms with E-state index in [-0.39, 0.29) is 5.95 Å². The maximum Gasteiger partial charge on any atom is 0.221 e. The summed E-state index contributed by atoms with van der Waals surface area (Å²) >= 11 is 3.49. The SMILES string of the molecule is Nc1nccc(Nc2ccc3[nH]nc(-c4ccc(-c5cccs5)s4)c3c2)n1. The number of fused-ring (bicyclic) bond motifs is 1. The quantitative estimate of drug-likeness (QED) is 0.395. The number of nitrogens with zero attached hydrogens (tertiary/aromatic N) is 3. The molecule has 0 aliphatic rings. The second-order valence-corrected chi connectivity index (χ2v) is 7.93. The molecule has 0 atom stereocenters. The summed E-state index contributed by atoms with van der Waals surface area (Å²) in [7, 11) is 0. The fraction of sp³-hybridized carbons (Fsp3) is 0. The minimum Gasteiger partial charge on any atom is -0.368 e. The molecule has 27 heavy (non-hydrogen) atoms. The van der Waals surface area contributed by atoms with Crippen molar-refractivity contribution < 1.29 is 0 Å². The normalized spacial score (nSPS) is 11.1. The van der Waals surface area contributed by atoms with Crippen LogP contribution in [0.1, 0.15) is 0 Å². The Bertz CT molecular complexity index is 1220. The first kappa shape index (κ1) is 16.0. The van der Waals surface area contributed by atoms with Gasteiger partial charge in [0.05, 0.1) is 10.4 Å². The summed E-state index contributed by atoms with van der Waals surface area (Å²) in [5, 5.41) is 14.1. The summed E-state index contributed by atoms with van der Waals surface area (Å²) in [6.45, 7) is 0. The molecule has 5 aromatic rings. The summed E-state index contributed by atoms with van der Waals surface area (Å²) in [5.74, 6) is 0.896. The standard InChI is InChI=1S/C19H14N6S2/c20-19-21-8-7-17(23-19)22-11-3-4-13-12(10-11)18(25-24-13)16-6-5-15(27-16)14-2-1-9-26-14/h1-10H,(H,24,25)(H3,20,21,22,23). The van der Waals surface area contributed by atoms with Crippen molar-refractivity contribution in [1.29, 1.82) is 0 Å². The molecule has 0 unspecified atom stereocenters. The monoisotopic (exact) mass is 390 g/mol. The molecule has 6 nitrogen and oxygen atoms in total. The number of H-pyrrole nitrogens is 1. The molecule has 0 fully saturated rings. The summed E-state index contributed by atoms with van der Waals surface area (Å²) in [6, 6.07) is 16.3. The number of rotatable bonds is 4. The molecular weight excluding hydrogens is 376 g/mol. The van der Waals surface area contributed by atoms with Gasteiger partial charge in [0.1, 0.15) is 11.5 Å². The highest BCUT2D eigenvalue weighted by molar-refractivity contribution is 7.23. The van der Waals surface area contributed by atoms with E-state index in [0.29, 0.717) is 5.82 Å². The molecule has 0 aliphatic heterocycles. The number of hydrogen-bond donors (Lipinski definition) is 3. The third-order valence-electron chi connectivity index (χ3n) is 4.11. The van der Waals surface area contributed by atoms with Crippen LogP contribution in [0.25, 0.3) is 31.2 Å². The zero-order valence-electron chi connectivity index (χ0n) is 14.0. The van der Waals surface area contributed by atoms with Crippen LogP contribution in [0.5, 0.6) is 0 Å². The highest BCUT2D eigenvalue weighted by atomic mass is 32.1. The number of nitrogen functional groups attached to an aromatic ring is 1. The molecule has 0 bridgehead atoms. The van der Waals surface area contributed by atoms with Gasteiger partial charge in [-0.1, -0.05) is 6.07 Å².